The van der Waals surface area contributed by atoms with Crippen LogP contribution in [0.3, 0.4) is 0 Å². The standard InChI is InChI=1S/C27H23Cl2N3O2S/c1-16(2)33-18-11-9-17(10-12-18)32-26(25(31-27(32)35)21-8-3-4-15-30-21)23-14-13-22(34-23)19-6-5-7-20(28)24(19)29/h3-16,25-26H,1-2H3,(H,31,35). The summed E-state index contributed by atoms with van der Waals surface area (Å²) in [5.41, 5.74) is 2.51. The largest absolute Gasteiger partial charge is 0.491 e. The number of furan rings is 1. The molecule has 0 radical (unpaired) electrons. The maximum Gasteiger partial charge on any atom is 0.174 e. The van der Waals surface area contributed by atoms with E-state index in [-0.39, 0.29) is 18.2 Å². The van der Waals surface area contributed by atoms with Gasteiger partial charge in [-0.15, -0.1) is 0 Å². The van der Waals surface area contributed by atoms with Crippen LogP contribution in [0.1, 0.15) is 37.4 Å². The van der Waals surface area contributed by atoms with Gasteiger partial charge in [-0.05, 0) is 86.7 Å². The zero-order chi connectivity index (χ0) is 24.5. The van der Waals surface area contributed by atoms with E-state index in [4.69, 9.17) is 44.6 Å². The van der Waals surface area contributed by atoms with Gasteiger partial charge in [0.25, 0.3) is 0 Å². The predicted molar refractivity (Wildman–Crippen MR) is 144 cm³/mol. The predicted octanol–water partition coefficient (Wildman–Crippen LogP) is 7.61. The Morgan fingerprint density at radius 1 is 1.00 bits per heavy atom. The minimum absolute atomic E-state index is 0.0940. The van der Waals surface area contributed by atoms with Crippen LogP contribution < -0.4 is 15.0 Å². The average molecular weight is 524 g/mol. The summed E-state index contributed by atoms with van der Waals surface area (Å²) < 4.78 is 12.2. The molecule has 2 aromatic carbocycles. The molecule has 35 heavy (non-hydrogen) atoms. The molecule has 0 bridgehead atoms. The molecule has 0 amide bonds. The lowest BCUT2D eigenvalue weighted by atomic mass is 10.0. The molecule has 0 aliphatic carbocycles. The van der Waals surface area contributed by atoms with E-state index in [1.165, 1.54) is 0 Å². The van der Waals surface area contributed by atoms with Crippen LogP contribution in [0, 0.1) is 0 Å². The molecular formula is C27H23Cl2N3O2S. The van der Waals surface area contributed by atoms with Gasteiger partial charge in [0.15, 0.2) is 5.11 Å². The highest BCUT2D eigenvalue weighted by atomic mass is 35.5. The molecule has 5 rings (SSSR count). The quantitative estimate of drug-likeness (QED) is 0.262. The van der Waals surface area contributed by atoms with E-state index in [0.29, 0.717) is 20.9 Å². The van der Waals surface area contributed by atoms with Crippen molar-refractivity contribution in [2.45, 2.75) is 32.0 Å². The summed E-state index contributed by atoms with van der Waals surface area (Å²) in [5.74, 6) is 2.16. The van der Waals surface area contributed by atoms with Crippen LogP contribution in [0.25, 0.3) is 11.3 Å². The molecule has 1 fully saturated rings. The zero-order valence-corrected chi connectivity index (χ0v) is 21.4. The molecule has 1 N–H and O–H groups in total. The fourth-order valence-electron chi connectivity index (χ4n) is 4.23. The molecule has 0 saturated carbocycles. The van der Waals surface area contributed by atoms with Crippen molar-refractivity contribution in [3.05, 3.63) is 100 Å². The number of thiocarbonyl (C=S) groups is 1. The lowest BCUT2D eigenvalue weighted by molar-refractivity contribution is 0.242. The van der Waals surface area contributed by atoms with Gasteiger partial charge in [-0.3, -0.25) is 4.98 Å². The van der Waals surface area contributed by atoms with Crippen LogP contribution in [0.15, 0.2) is 83.4 Å². The Morgan fingerprint density at radius 3 is 2.51 bits per heavy atom. The number of ether oxygens (including phenoxy) is 1. The molecule has 1 saturated heterocycles. The van der Waals surface area contributed by atoms with Gasteiger partial charge >= 0.3 is 0 Å². The van der Waals surface area contributed by atoms with Crippen LogP contribution in [-0.2, 0) is 0 Å². The van der Waals surface area contributed by atoms with E-state index in [0.717, 1.165) is 28.5 Å². The fraction of sp³-hybridized carbons (Fsp3) is 0.185. The van der Waals surface area contributed by atoms with Gasteiger partial charge in [0.05, 0.1) is 27.9 Å². The molecule has 3 heterocycles. The number of nitrogens with zero attached hydrogens (tertiary/aromatic N) is 2. The highest BCUT2D eigenvalue weighted by Crippen LogP contribution is 2.44. The minimum atomic E-state index is -0.277. The van der Waals surface area contributed by atoms with Crippen molar-refractivity contribution in [1.29, 1.82) is 0 Å². The number of aromatic nitrogens is 1. The first-order valence-corrected chi connectivity index (χ1v) is 12.4. The lowest BCUT2D eigenvalue weighted by Gasteiger charge is -2.26. The second-order valence-electron chi connectivity index (χ2n) is 8.46. The molecule has 1 aliphatic rings. The zero-order valence-electron chi connectivity index (χ0n) is 19.1. The van der Waals surface area contributed by atoms with Gasteiger partial charge in [-0.25, -0.2) is 0 Å². The van der Waals surface area contributed by atoms with Crippen LogP contribution in [0.2, 0.25) is 10.0 Å². The summed E-state index contributed by atoms with van der Waals surface area (Å²) in [5, 5.41) is 4.95. The Bertz CT molecular complexity index is 1340. The monoisotopic (exact) mass is 523 g/mol. The maximum absolute atomic E-state index is 6.46. The molecular weight excluding hydrogens is 501 g/mol. The Labute approximate surface area is 219 Å². The molecule has 4 aromatic rings. The van der Waals surface area contributed by atoms with Gasteiger partial charge in [0.1, 0.15) is 23.3 Å². The van der Waals surface area contributed by atoms with Crippen molar-refractivity contribution in [3.63, 3.8) is 0 Å². The second-order valence-corrected chi connectivity index (χ2v) is 9.63. The molecule has 1 aliphatic heterocycles. The first kappa shape index (κ1) is 23.7. The van der Waals surface area contributed by atoms with Gasteiger partial charge in [-0.2, -0.15) is 0 Å². The van der Waals surface area contributed by atoms with Gasteiger partial charge < -0.3 is 19.4 Å². The number of benzene rings is 2. The van der Waals surface area contributed by atoms with Crippen LogP contribution >= 0.6 is 35.4 Å². The molecule has 5 nitrogen and oxygen atoms in total. The fourth-order valence-corrected chi connectivity index (χ4v) is 4.97. The first-order valence-electron chi connectivity index (χ1n) is 11.2. The maximum atomic E-state index is 6.46. The van der Waals surface area contributed by atoms with Crippen molar-refractivity contribution in [2.24, 2.45) is 0 Å². The molecule has 8 heteroatoms. The first-order chi connectivity index (χ1) is 16.9. The van der Waals surface area contributed by atoms with Crippen LogP contribution in [-0.4, -0.2) is 16.2 Å². The number of hydrogen-bond acceptors (Lipinski definition) is 4. The van der Waals surface area contributed by atoms with Gasteiger partial charge in [0, 0.05) is 17.4 Å². The Morgan fingerprint density at radius 2 is 1.80 bits per heavy atom. The van der Waals surface area contributed by atoms with Gasteiger partial charge in [0.2, 0.25) is 0 Å². The van der Waals surface area contributed by atoms with E-state index < -0.39 is 0 Å². The lowest BCUT2D eigenvalue weighted by Crippen LogP contribution is -2.29. The smallest absolute Gasteiger partial charge is 0.174 e. The average Bonchev–Trinajstić information content (AvgIpc) is 3.46. The highest BCUT2D eigenvalue weighted by Gasteiger charge is 2.42. The summed E-state index contributed by atoms with van der Waals surface area (Å²) in [6.45, 7) is 4.00. The molecule has 178 valence electrons. The second kappa shape index (κ2) is 9.90. The molecule has 2 atom stereocenters. The van der Waals surface area contributed by atoms with E-state index in [1.54, 1.807) is 12.3 Å². The van der Waals surface area contributed by atoms with Crippen molar-refractivity contribution in [1.82, 2.24) is 10.3 Å². The Kier molecular flexibility index (Phi) is 6.69. The van der Waals surface area contributed by atoms with E-state index in [9.17, 15) is 0 Å². The topological polar surface area (TPSA) is 50.5 Å². The minimum Gasteiger partial charge on any atom is -0.491 e. The van der Waals surface area contributed by atoms with E-state index in [1.807, 2.05) is 80.6 Å². The van der Waals surface area contributed by atoms with Crippen molar-refractivity contribution in [2.75, 3.05) is 4.90 Å². The van der Waals surface area contributed by atoms with E-state index >= 15 is 0 Å². The van der Waals surface area contributed by atoms with Crippen LogP contribution in [0.4, 0.5) is 5.69 Å². The third kappa shape index (κ3) is 4.74. The normalized spacial score (nSPS) is 17.6. The Hall–Kier alpha value is -3.06. The summed E-state index contributed by atoms with van der Waals surface area (Å²) in [6.07, 6.45) is 1.87. The molecule has 0 spiro atoms. The summed E-state index contributed by atoms with van der Waals surface area (Å²) >= 11 is 18.5. The number of rotatable bonds is 6. The molecule has 2 aromatic heterocycles. The molecule has 2 unspecified atom stereocenters. The van der Waals surface area contributed by atoms with E-state index in [2.05, 4.69) is 15.2 Å². The number of pyridine rings is 1. The van der Waals surface area contributed by atoms with Crippen molar-refractivity contribution >= 4 is 46.2 Å². The van der Waals surface area contributed by atoms with Crippen molar-refractivity contribution in [3.8, 4) is 17.1 Å². The van der Waals surface area contributed by atoms with Crippen molar-refractivity contribution < 1.29 is 9.15 Å². The Balaban J connectivity index is 1.56. The number of anilines is 1. The third-order valence-corrected chi connectivity index (χ3v) is 6.85. The summed E-state index contributed by atoms with van der Waals surface area (Å²) in [7, 11) is 0. The SMILES string of the molecule is CC(C)Oc1ccc(N2C(=S)NC(c3ccccn3)C2c2ccc(-c3cccc(Cl)c3Cl)o2)cc1. The van der Waals surface area contributed by atoms with Crippen LogP contribution in [0.5, 0.6) is 5.75 Å². The summed E-state index contributed by atoms with van der Waals surface area (Å²) in [6, 6.07) is 22.6. The highest BCUT2D eigenvalue weighted by molar-refractivity contribution is 7.80. The number of hydrogen-bond donors (Lipinski definition) is 1. The third-order valence-electron chi connectivity index (χ3n) is 5.72. The number of halogens is 2. The summed E-state index contributed by atoms with van der Waals surface area (Å²) in [4.78, 5) is 6.64. The number of nitrogens with one attached hydrogen (secondary N) is 1. The van der Waals surface area contributed by atoms with Gasteiger partial charge in [-0.1, -0.05) is 35.3 Å².